The summed E-state index contributed by atoms with van der Waals surface area (Å²) in [6.07, 6.45) is 1.11. The van der Waals surface area contributed by atoms with Crippen molar-refractivity contribution < 1.29 is 19.1 Å². The van der Waals surface area contributed by atoms with Gasteiger partial charge in [-0.05, 0) is 23.0 Å². The van der Waals surface area contributed by atoms with Crippen LogP contribution in [0, 0.1) is 5.92 Å². The molecule has 0 saturated carbocycles. The zero-order valence-corrected chi connectivity index (χ0v) is 14.9. The number of nitrogens with one attached hydrogen (secondary N) is 1. The molecule has 0 spiro atoms. The number of benzene rings is 1. The molecule has 1 aromatic carbocycles. The Hall–Kier alpha value is -1.88. The van der Waals surface area contributed by atoms with Crippen LogP contribution in [0.5, 0.6) is 0 Å². The van der Waals surface area contributed by atoms with Gasteiger partial charge in [0.25, 0.3) is 0 Å². The van der Waals surface area contributed by atoms with E-state index in [4.69, 9.17) is 9.47 Å². The van der Waals surface area contributed by atoms with Crippen molar-refractivity contribution in [2.45, 2.75) is 45.1 Å². The monoisotopic (exact) mass is 333 g/mol. The van der Waals surface area contributed by atoms with Crippen LogP contribution in [0.25, 0.3) is 0 Å². The standard InChI is InChI=1S/C19H27NO4/c1-19(2,3)15-7-5-13(6-8-15)11-16(18(22)23-4)20-17(21)14-9-10-24-12-14/h5-8,14,16H,9-12H2,1-4H3,(H,20,21)/t14-,16-/m0/s1. The van der Waals surface area contributed by atoms with Crippen molar-refractivity contribution in [1.29, 1.82) is 0 Å². The molecule has 1 aromatic rings. The highest BCUT2D eigenvalue weighted by Gasteiger charge is 2.28. The van der Waals surface area contributed by atoms with E-state index >= 15 is 0 Å². The topological polar surface area (TPSA) is 64.6 Å². The molecule has 2 rings (SSSR count). The van der Waals surface area contributed by atoms with Gasteiger partial charge < -0.3 is 14.8 Å². The Balaban J connectivity index is 2.05. The summed E-state index contributed by atoms with van der Waals surface area (Å²) in [7, 11) is 1.34. The van der Waals surface area contributed by atoms with Crippen LogP contribution < -0.4 is 5.32 Å². The average molecular weight is 333 g/mol. The van der Waals surface area contributed by atoms with Gasteiger partial charge in [-0.2, -0.15) is 0 Å². The molecule has 1 N–H and O–H groups in total. The summed E-state index contributed by atoms with van der Waals surface area (Å²) in [4.78, 5) is 24.3. The Morgan fingerprint density at radius 1 is 1.29 bits per heavy atom. The molecule has 0 radical (unpaired) electrons. The largest absolute Gasteiger partial charge is 0.467 e. The van der Waals surface area contributed by atoms with E-state index in [1.165, 1.54) is 12.7 Å². The highest BCUT2D eigenvalue weighted by atomic mass is 16.5. The van der Waals surface area contributed by atoms with Crippen LogP contribution in [0.15, 0.2) is 24.3 Å². The van der Waals surface area contributed by atoms with Gasteiger partial charge in [-0.1, -0.05) is 45.0 Å². The first kappa shape index (κ1) is 18.5. The molecule has 0 unspecified atom stereocenters. The molecule has 1 heterocycles. The highest BCUT2D eigenvalue weighted by molar-refractivity contribution is 5.86. The van der Waals surface area contributed by atoms with E-state index < -0.39 is 12.0 Å². The molecule has 1 fully saturated rings. The molecule has 1 saturated heterocycles. The van der Waals surface area contributed by atoms with Crippen molar-refractivity contribution >= 4 is 11.9 Å². The maximum Gasteiger partial charge on any atom is 0.328 e. The Labute approximate surface area is 143 Å². The molecule has 0 aliphatic carbocycles. The minimum Gasteiger partial charge on any atom is -0.467 e. The minimum atomic E-state index is -0.677. The zero-order chi connectivity index (χ0) is 17.7. The van der Waals surface area contributed by atoms with E-state index in [1.807, 2.05) is 12.1 Å². The van der Waals surface area contributed by atoms with Crippen molar-refractivity contribution in [3.8, 4) is 0 Å². The zero-order valence-electron chi connectivity index (χ0n) is 14.9. The second-order valence-corrected chi connectivity index (χ2v) is 7.30. The number of ether oxygens (including phenoxy) is 2. The van der Waals surface area contributed by atoms with Gasteiger partial charge in [0.05, 0.1) is 19.6 Å². The predicted octanol–water partition coefficient (Wildman–Crippen LogP) is 2.22. The molecule has 1 aliphatic heterocycles. The summed E-state index contributed by atoms with van der Waals surface area (Å²) in [5.74, 6) is -0.753. The molecule has 24 heavy (non-hydrogen) atoms. The summed E-state index contributed by atoms with van der Waals surface area (Å²) in [5.41, 5.74) is 2.30. The van der Waals surface area contributed by atoms with Crippen molar-refractivity contribution in [2.24, 2.45) is 5.92 Å². The van der Waals surface area contributed by atoms with Crippen LogP contribution in [0.4, 0.5) is 0 Å². The van der Waals surface area contributed by atoms with Crippen molar-refractivity contribution in [1.82, 2.24) is 5.32 Å². The highest BCUT2D eigenvalue weighted by Crippen LogP contribution is 2.22. The smallest absolute Gasteiger partial charge is 0.328 e. The van der Waals surface area contributed by atoms with Crippen molar-refractivity contribution in [3.63, 3.8) is 0 Å². The van der Waals surface area contributed by atoms with Gasteiger partial charge >= 0.3 is 5.97 Å². The molecule has 0 aromatic heterocycles. The maximum atomic E-state index is 12.3. The molecule has 0 bridgehead atoms. The van der Waals surface area contributed by atoms with Gasteiger partial charge in [-0.15, -0.1) is 0 Å². The normalized spacial score (nSPS) is 18.9. The van der Waals surface area contributed by atoms with Gasteiger partial charge in [0, 0.05) is 13.0 Å². The fourth-order valence-corrected chi connectivity index (χ4v) is 2.74. The molecule has 2 atom stereocenters. The van der Waals surface area contributed by atoms with E-state index in [-0.39, 0.29) is 17.2 Å². The van der Waals surface area contributed by atoms with Crippen LogP contribution >= 0.6 is 0 Å². The molecule has 5 nitrogen and oxygen atoms in total. The SMILES string of the molecule is COC(=O)[C@H](Cc1ccc(C(C)(C)C)cc1)NC(=O)[C@H]1CCOC1. The van der Waals surface area contributed by atoms with E-state index in [9.17, 15) is 9.59 Å². The van der Waals surface area contributed by atoms with Crippen molar-refractivity contribution in [2.75, 3.05) is 20.3 Å². The Morgan fingerprint density at radius 2 is 1.96 bits per heavy atom. The second kappa shape index (κ2) is 7.79. The third kappa shape index (κ3) is 4.81. The third-order valence-electron chi connectivity index (χ3n) is 4.36. The van der Waals surface area contributed by atoms with Gasteiger partial charge in [0.1, 0.15) is 6.04 Å². The fourth-order valence-electron chi connectivity index (χ4n) is 2.74. The first-order valence-electron chi connectivity index (χ1n) is 8.36. The summed E-state index contributed by atoms with van der Waals surface area (Å²) in [6, 6.07) is 7.46. The number of carbonyl (C=O) groups is 2. The Bertz CT molecular complexity index is 568. The maximum absolute atomic E-state index is 12.3. The molecular formula is C19H27NO4. The lowest BCUT2D eigenvalue weighted by atomic mass is 9.86. The first-order chi connectivity index (χ1) is 11.3. The van der Waals surface area contributed by atoms with E-state index in [2.05, 4.69) is 38.2 Å². The van der Waals surface area contributed by atoms with Gasteiger partial charge in [0.15, 0.2) is 0 Å². The number of hydrogen-bond donors (Lipinski definition) is 1. The third-order valence-corrected chi connectivity index (χ3v) is 4.36. The summed E-state index contributed by atoms with van der Waals surface area (Å²) in [5, 5.41) is 2.81. The van der Waals surface area contributed by atoms with Gasteiger partial charge in [0.2, 0.25) is 5.91 Å². The number of amides is 1. The van der Waals surface area contributed by atoms with Crippen LogP contribution in [0.3, 0.4) is 0 Å². The Kier molecular flexibility index (Phi) is 5.99. The predicted molar refractivity (Wildman–Crippen MR) is 91.7 cm³/mol. The van der Waals surface area contributed by atoms with E-state index in [0.29, 0.717) is 26.1 Å². The van der Waals surface area contributed by atoms with Crippen LogP contribution in [0.1, 0.15) is 38.3 Å². The summed E-state index contributed by atoms with van der Waals surface area (Å²) >= 11 is 0. The van der Waals surface area contributed by atoms with Crippen LogP contribution in [-0.2, 0) is 30.9 Å². The van der Waals surface area contributed by atoms with E-state index in [1.54, 1.807) is 0 Å². The minimum absolute atomic E-state index is 0.0803. The van der Waals surface area contributed by atoms with Crippen molar-refractivity contribution in [3.05, 3.63) is 35.4 Å². The summed E-state index contributed by atoms with van der Waals surface area (Å²) < 4.78 is 10.1. The van der Waals surface area contributed by atoms with Gasteiger partial charge in [-0.25, -0.2) is 4.79 Å². The fraction of sp³-hybridized carbons (Fsp3) is 0.579. The molecule has 1 amide bonds. The molecular weight excluding hydrogens is 306 g/mol. The lowest BCUT2D eigenvalue weighted by Gasteiger charge is -2.21. The first-order valence-corrected chi connectivity index (χ1v) is 8.36. The van der Waals surface area contributed by atoms with Gasteiger partial charge in [-0.3, -0.25) is 4.79 Å². The summed E-state index contributed by atoms with van der Waals surface area (Å²) in [6.45, 7) is 7.48. The number of rotatable bonds is 5. The van der Waals surface area contributed by atoms with Crippen LogP contribution in [0.2, 0.25) is 0 Å². The molecule has 5 heteroatoms. The number of carbonyl (C=O) groups excluding carboxylic acids is 2. The lowest BCUT2D eigenvalue weighted by molar-refractivity contribution is -0.145. The number of esters is 1. The number of methoxy groups -OCH3 is 1. The average Bonchev–Trinajstić information content (AvgIpc) is 3.07. The quantitative estimate of drug-likeness (QED) is 0.839. The molecule has 132 valence electrons. The number of hydrogen-bond acceptors (Lipinski definition) is 4. The van der Waals surface area contributed by atoms with E-state index in [0.717, 1.165) is 5.56 Å². The lowest BCUT2D eigenvalue weighted by Crippen LogP contribution is -2.45. The van der Waals surface area contributed by atoms with Crippen LogP contribution in [-0.4, -0.2) is 38.2 Å². The Morgan fingerprint density at radius 3 is 2.46 bits per heavy atom. The molecule has 1 aliphatic rings. The second-order valence-electron chi connectivity index (χ2n) is 7.30.